The number of para-hydroxylation sites is 4. The van der Waals surface area contributed by atoms with Crippen LogP contribution in [0.3, 0.4) is 0 Å². The number of fused-ring (bicyclic) bond motifs is 6. The Kier molecular flexibility index (Phi) is 6.57. The minimum Gasteiger partial charge on any atom is -0.309 e. The molecule has 2 unspecified atom stereocenters. The zero-order valence-electron chi connectivity index (χ0n) is 26.9. The highest BCUT2D eigenvalue weighted by Crippen LogP contribution is 2.45. The first-order valence-electron chi connectivity index (χ1n) is 16.6. The number of nitrogens with zero attached hydrogens (tertiary/aromatic N) is 4. The van der Waals surface area contributed by atoms with E-state index in [9.17, 15) is 10.5 Å². The van der Waals surface area contributed by atoms with Crippen molar-refractivity contribution in [3.05, 3.63) is 163 Å². The normalized spacial score (nSPS) is 16.1. The molecule has 9 rings (SSSR count). The van der Waals surface area contributed by atoms with Gasteiger partial charge in [-0.25, -0.2) is 0 Å². The van der Waals surface area contributed by atoms with Crippen LogP contribution in [-0.2, 0) is 0 Å². The van der Waals surface area contributed by atoms with Crippen molar-refractivity contribution in [1.29, 1.82) is 10.5 Å². The molecule has 0 saturated heterocycles. The smallest absolute Gasteiger partial charge is 0.0967 e. The molecule has 1 aliphatic carbocycles. The predicted octanol–water partition coefficient (Wildman–Crippen LogP) is 11.2. The molecule has 2 heterocycles. The second kappa shape index (κ2) is 11.3. The molecule has 0 bridgehead atoms. The first-order chi connectivity index (χ1) is 24.2. The minimum atomic E-state index is -0.501. The number of benzene rings is 6. The molecule has 4 heteroatoms. The van der Waals surface area contributed by atoms with Crippen LogP contribution < -0.4 is 0 Å². The molecule has 0 N–H and O–H groups in total. The van der Waals surface area contributed by atoms with Crippen molar-refractivity contribution in [3.8, 4) is 34.6 Å². The lowest BCUT2D eigenvalue weighted by Crippen LogP contribution is -2.15. The Hall–Kier alpha value is -6.62. The summed E-state index contributed by atoms with van der Waals surface area (Å²) in [5, 5.41) is 25.2. The van der Waals surface area contributed by atoms with Crippen LogP contribution in [0, 0.1) is 34.5 Å². The average Bonchev–Trinajstić information content (AvgIpc) is 3.68. The Morgan fingerprint density at radius 2 is 1.16 bits per heavy atom. The van der Waals surface area contributed by atoms with Crippen molar-refractivity contribution in [2.45, 2.75) is 6.92 Å². The van der Waals surface area contributed by atoms with E-state index in [0.29, 0.717) is 5.57 Å². The Balaban J connectivity index is 1.40. The van der Waals surface area contributed by atoms with E-state index in [-0.39, 0.29) is 5.92 Å². The Labute approximate surface area is 284 Å². The van der Waals surface area contributed by atoms with Crippen LogP contribution >= 0.6 is 0 Å². The summed E-state index contributed by atoms with van der Waals surface area (Å²) in [7, 11) is 0. The standard InChI is InChI=1S/C45H30N4/c1-29-20-22-34(40(28-47)39(29)27-46)36-24-23-33(44-37-17-9-11-19-42(37)49(45(36)44)32-14-6-3-7-15-32)30-21-25-43-38(26-30)35-16-8-10-18-41(35)48(43)31-12-4-2-5-13-31/h2-26,29,39H,1H3. The van der Waals surface area contributed by atoms with Gasteiger partial charge in [-0.15, -0.1) is 0 Å². The van der Waals surface area contributed by atoms with Gasteiger partial charge in [0.2, 0.25) is 0 Å². The van der Waals surface area contributed by atoms with Crippen LogP contribution in [-0.4, -0.2) is 9.13 Å². The predicted molar refractivity (Wildman–Crippen MR) is 200 cm³/mol. The van der Waals surface area contributed by atoms with Crippen molar-refractivity contribution in [2.24, 2.45) is 11.8 Å². The summed E-state index contributed by atoms with van der Waals surface area (Å²) in [5.74, 6) is -0.540. The lowest BCUT2D eigenvalue weighted by atomic mass is 9.79. The Bertz CT molecular complexity index is 2750. The van der Waals surface area contributed by atoms with E-state index in [0.717, 1.165) is 61.0 Å². The van der Waals surface area contributed by atoms with Gasteiger partial charge in [0.15, 0.2) is 0 Å². The van der Waals surface area contributed by atoms with Gasteiger partial charge in [-0.3, -0.25) is 0 Å². The number of aromatic nitrogens is 2. The van der Waals surface area contributed by atoms with E-state index < -0.39 is 5.92 Å². The summed E-state index contributed by atoms with van der Waals surface area (Å²) >= 11 is 0. The molecule has 4 nitrogen and oxygen atoms in total. The molecular weight excluding hydrogens is 597 g/mol. The number of allylic oxidation sites excluding steroid dienone is 4. The van der Waals surface area contributed by atoms with Crippen LogP contribution in [0.5, 0.6) is 0 Å². The highest BCUT2D eigenvalue weighted by atomic mass is 15.0. The third kappa shape index (κ3) is 4.28. The summed E-state index contributed by atoms with van der Waals surface area (Å²) in [6, 6.07) is 54.1. The Morgan fingerprint density at radius 3 is 1.86 bits per heavy atom. The van der Waals surface area contributed by atoms with Gasteiger partial charge in [-0.1, -0.05) is 110 Å². The molecule has 6 aromatic carbocycles. The third-order valence-electron chi connectivity index (χ3n) is 10.1. The van der Waals surface area contributed by atoms with Crippen LogP contribution in [0.25, 0.3) is 71.7 Å². The van der Waals surface area contributed by atoms with Gasteiger partial charge >= 0.3 is 0 Å². The first kappa shape index (κ1) is 28.6. The SMILES string of the molecule is CC1C=CC(c2ccc(-c3ccc4c(c3)c3ccccc3n4-c3ccccc3)c3c4ccccc4n(-c4ccccc4)c23)=C(C#N)C1C#N. The largest absolute Gasteiger partial charge is 0.309 e. The van der Waals surface area contributed by atoms with Crippen molar-refractivity contribution in [2.75, 3.05) is 0 Å². The lowest BCUT2D eigenvalue weighted by Gasteiger charge is -2.22. The highest BCUT2D eigenvalue weighted by molar-refractivity contribution is 6.20. The summed E-state index contributed by atoms with van der Waals surface area (Å²) in [6.07, 6.45) is 4.11. The fourth-order valence-corrected chi connectivity index (χ4v) is 7.82. The maximum Gasteiger partial charge on any atom is 0.0967 e. The molecular formula is C45H30N4. The summed E-state index contributed by atoms with van der Waals surface area (Å²) < 4.78 is 4.66. The van der Waals surface area contributed by atoms with E-state index in [1.165, 1.54) is 16.3 Å². The number of nitriles is 2. The zero-order valence-corrected chi connectivity index (χ0v) is 26.9. The van der Waals surface area contributed by atoms with Gasteiger partial charge in [-0.2, -0.15) is 10.5 Å². The molecule has 0 aliphatic heterocycles. The van der Waals surface area contributed by atoms with E-state index in [1.54, 1.807) is 0 Å². The maximum atomic E-state index is 10.4. The lowest BCUT2D eigenvalue weighted by molar-refractivity contribution is 0.601. The molecule has 0 fully saturated rings. The number of hydrogen-bond donors (Lipinski definition) is 0. The zero-order chi connectivity index (χ0) is 33.1. The summed E-state index contributed by atoms with van der Waals surface area (Å²) in [5.41, 5.74) is 11.1. The second-order valence-corrected chi connectivity index (χ2v) is 12.8. The quantitative estimate of drug-likeness (QED) is 0.195. The van der Waals surface area contributed by atoms with Crippen molar-refractivity contribution < 1.29 is 0 Å². The van der Waals surface area contributed by atoms with Crippen LogP contribution in [0.2, 0.25) is 0 Å². The van der Waals surface area contributed by atoms with Gasteiger partial charge in [0.05, 0.1) is 45.7 Å². The van der Waals surface area contributed by atoms with Crippen LogP contribution in [0.15, 0.2) is 157 Å². The van der Waals surface area contributed by atoms with Gasteiger partial charge in [0, 0.05) is 38.5 Å². The maximum absolute atomic E-state index is 10.4. The highest BCUT2D eigenvalue weighted by Gasteiger charge is 2.29. The monoisotopic (exact) mass is 626 g/mol. The molecule has 49 heavy (non-hydrogen) atoms. The van der Waals surface area contributed by atoms with Gasteiger partial charge in [-0.05, 0) is 71.1 Å². The van der Waals surface area contributed by atoms with Crippen molar-refractivity contribution >= 4 is 49.2 Å². The van der Waals surface area contributed by atoms with E-state index in [4.69, 9.17) is 0 Å². The van der Waals surface area contributed by atoms with E-state index in [2.05, 4.69) is 161 Å². The first-order valence-corrected chi connectivity index (χ1v) is 16.6. The molecule has 0 spiro atoms. The fourth-order valence-electron chi connectivity index (χ4n) is 7.82. The van der Waals surface area contributed by atoms with Crippen molar-refractivity contribution in [3.63, 3.8) is 0 Å². The summed E-state index contributed by atoms with van der Waals surface area (Å²) in [4.78, 5) is 0. The molecule has 1 aliphatic rings. The van der Waals surface area contributed by atoms with Gasteiger partial charge in [0.25, 0.3) is 0 Å². The van der Waals surface area contributed by atoms with Crippen LogP contribution in [0.1, 0.15) is 12.5 Å². The average molecular weight is 627 g/mol. The van der Waals surface area contributed by atoms with Crippen molar-refractivity contribution in [1.82, 2.24) is 9.13 Å². The molecule has 230 valence electrons. The van der Waals surface area contributed by atoms with E-state index >= 15 is 0 Å². The molecule has 0 saturated carbocycles. The van der Waals surface area contributed by atoms with Gasteiger partial charge < -0.3 is 9.13 Å². The summed E-state index contributed by atoms with van der Waals surface area (Å²) in [6.45, 7) is 2.00. The molecule has 0 radical (unpaired) electrons. The topological polar surface area (TPSA) is 57.4 Å². The Morgan fingerprint density at radius 1 is 0.571 bits per heavy atom. The van der Waals surface area contributed by atoms with E-state index in [1.807, 2.05) is 19.1 Å². The molecule has 2 aromatic heterocycles. The molecule has 0 amide bonds. The van der Waals surface area contributed by atoms with Gasteiger partial charge in [0.1, 0.15) is 0 Å². The molecule has 2 atom stereocenters. The number of hydrogen-bond acceptors (Lipinski definition) is 2. The minimum absolute atomic E-state index is 0.0390. The molecule has 8 aromatic rings. The van der Waals surface area contributed by atoms with Crippen LogP contribution in [0.4, 0.5) is 0 Å². The number of rotatable bonds is 4. The second-order valence-electron chi connectivity index (χ2n) is 12.8. The third-order valence-corrected chi connectivity index (χ3v) is 10.1. The fraction of sp³-hybridized carbons (Fsp3) is 0.0667.